The van der Waals surface area contributed by atoms with Crippen LogP contribution in [0.4, 0.5) is 0 Å². The summed E-state index contributed by atoms with van der Waals surface area (Å²) in [5.74, 6) is -1.74. The van der Waals surface area contributed by atoms with Gasteiger partial charge in [0, 0.05) is 109 Å². The van der Waals surface area contributed by atoms with Gasteiger partial charge in [0.25, 0.3) is 22.2 Å². The quantitative estimate of drug-likeness (QED) is 0.0679. The molecule has 20 nitrogen and oxygen atoms in total. The number of aromatic carboxylic acids is 1. The van der Waals surface area contributed by atoms with Gasteiger partial charge >= 0.3 is 59.1 Å². The summed E-state index contributed by atoms with van der Waals surface area (Å²) in [6.45, 7) is 0. The average molecular weight is 1580 g/mol. The first-order valence-corrected chi connectivity index (χ1v) is 42.2. The number of halogens is 1. The summed E-state index contributed by atoms with van der Waals surface area (Å²) in [6.07, 6.45) is 45.5. The molecule has 3 unspecified atom stereocenters. The molecule has 9 aliphatic rings. The van der Waals surface area contributed by atoms with Crippen molar-refractivity contribution in [3.63, 3.8) is 0 Å². The van der Waals surface area contributed by atoms with Crippen molar-refractivity contribution in [1.29, 1.82) is 0 Å². The molecule has 0 radical (unpaired) electrons. The summed E-state index contributed by atoms with van der Waals surface area (Å²) < 4.78 is 7.56. The fraction of sp³-hybridized carbons (Fsp3) is 0.516. The number of hydrogen-bond donors (Lipinski definition) is 1. The number of hydrogen-bond acceptors (Lipinski definition) is 15. The Morgan fingerprint density at radius 1 is 0.368 bits per heavy atom. The number of carbonyl (C=O) groups is 2. The van der Waals surface area contributed by atoms with Gasteiger partial charge in [0.15, 0.2) is 0 Å². The Balaban J connectivity index is 0.000000147. The van der Waals surface area contributed by atoms with Gasteiger partial charge in [-0.25, -0.2) is 15.0 Å². The van der Waals surface area contributed by atoms with Crippen molar-refractivity contribution in [3.05, 3.63) is 215 Å². The van der Waals surface area contributed by atoms with E-state index in [4.69, 9.17) is 20.7 Å². The molecular weight excluding hydrogens is 1470 g/mol. The number of pyridine rings is 1. The van der Waals surface area contributed by atoms with E-state index in [1.807, 2.05) is 105 Å². The molecule has 3 aliphatic carbocycles. The van der Waals surface area contributed by atoms with Crippen molar-refractivity contribution in [2.45, 2.75) is 297 Å². The summed E-state index contributed by atoms with van der Waals surface area (Å²) in [5.41, 5.74) is 13.5. The standard InChI is InChI=1S/C31H37N3O3.C30H37N5O2.C30H34N4O2.ClH.2Na.H2O/c35-30-28(18-21-10-6-7-13-26(21)31(36)37)32-27-14-8-9-15-29(27)34(30)25-19-23-16-17-24(20-25)33(23)22-11-4-2-1-3-5-12-22;31-29(36)25-14-15-32-19-20(25)16-27-30(37)35(28-11-7-6-10-26(28)33-27)24-17-22-12-13-23(18-24)34(22)21-8-4-2-1-3-5-9-21;35-29-24-12-6-7-13-25(24)31-28-30(36)33(26-14-8-9-15-27(26)34(28)29)23-18-21-16-17-22(19-23)32(21)20-10-4-2-1-3-5-11-20;;;;/h6-10,13-15,22-25H,1-5,11-12,16-20H2,(H,36,37);6-7,10-11,14-15,19,21-24H,1-5,8-9,12-13,16-18H2,(H2,31,36);6-9,12-15,20-23H,1-5,10-11,16-19H2;1H;;;1H2/q;;;;2*+1;/p-2/t23-,24+,25?;22-,23+,24?;21-,22+,23?;;;;. The van der Waals surface area contributed by atoms with Crippen LogP contribution in [0.2, 0.25) is 0 Å². The molecule has 11 heterocycles. The molecule has 23 heteroatoms. The summed E-state index contributed by atoms with van der Waals surface area (Å²) in [7, 11) is 0. The van der Waals surface area contributed by atoms with Crippen LogP contribution in [0.25, 0.3) is 49.7 Å². The van der Waals surface area contributed by atoms with Crippen LogP contribution >= 0.6 is 12.4 Å². The minimum Gasteiger partial charge on any atom is -0.870 e. The number of piperidine rings is 3. The second-order valence-corrected chi connectivity index (χ2v) is 33.8. The molecule has 3 saturated carbocycles. The molecule has 9 atom stereocenters. The molecule has 0 spiro atoms. The first-order valence-electron chi connectivity index (χ1n) is 42.2. The zero-order chi connectivity index (χ0) is 74.9. The number of aromatic nitrogens is 8. The summed E-state index contributed by atoms with van der Waals surface area (Å²) in [5, 5.41) is 12.2. The second kappa shape index (κ2) is 38.3. The van der Waals surface area contributed by atoms with E-state index >= 15 is 0 Å². The number of nitrogens with two attached hydrogens (primary N) is 1. The van der Waals surface area contributed by atoms with E-state index in [2.05, 4.69) is 19.7 Å². The number of amides is 1. The van der Waals surface area contributed by atoms with Gasteiger partial charge in [-0.05, 0) is 181 Å². The fourth-order valence-electron chi connectivity index (χ4n) is 22.5. The Hall–Kier alpha value is -6.79. The van der Waals surface area contributed by atoms with Crippen LogP contribution in [0.1, 0.15) is 273 Å². The zero-order valence-electron chi connectivity index (χ0n) is 66.7. The molecule has 590 valence electrons. The molecular formula is C91H109ClN12Na2O8. The van der Waals surface area contributed by atoms with E-state index in [-0.39, 0.29) is 141 Å². The van der Waals surface area contributed by atoms with Crippen LogP contribution in [0.15, 0.2) is 159 Å². The maximum atomic E-state index is 14.1. The average Bonchev–Trinajstić information content (AvgIpc) is 0.974. The minimum atomic E-state index is -1.23. The van der Waals surface area contributed by atoms with Crippen molar-refractivity contribution < 1.29 is 79.3 Å². The van der Waals surface area contributed by atoms with Gasteiger partial charge in [-0.3, -0.25) is 48.1 Å². The van der Waals surface area contributed by atoms with E-state index in [1.54, 1.807) is 42.7 Å². The van der Waals surface area contributed by atoms with E-state index < -0.39 is 11.9 Å². The molecule has 6 saturated heterocycles. The molecule has 5 aromatic carbocycles. The Morgan fingerprint density at radius 3 is 1.16 bits per heavy atom. The van der Waals surface area contributed by atoms with Gasteiger partial charge in [-0.1, -0.05) is 169 Å². The third-order valence-electron chi connectivity index (χ3n) is 27.3. The number of rotatable bonds is 12. The molecule has 9 fully saturated rings. The molecule has 6 bridgehead atoms. The number of carbonyl (C=O) groups excluding carboxylic acids is 2. The van der Waals surface area contributed by atoms with E-state index in [0.29, 0.717) is 93.4 Å². The summed E-state index contributed by atoms with van der Waals surface area (Å²) >= 11 is 0. The number of fused-ring (bicyclic) bond motifs is 12. The normalized spacial score (nSPS) is 24.5. The second-order valence-electron chi connectivity index (χ2n) is 33.8. The van der Waals surface area contributed by atoms with Crippen LogP contribution in [0.5, 0.6) is 0 Å². The van der Waals surface area contributed by atoms with E-state index in [1.165, 1.54) is 184 Å². The Labute approximate surface area is 717 Å². The zero-order valence-corrected chi connectivity index (χ0v) is 71.5. The van der Waals surface area contributed by atoms with Gasteiger partial charge in [-0.2, -0.15) is 0 Å². The van der Waals surface area contributed by atoms with Gasteiger partial charge < -0.3 is 34.8 Å². The number of benzene rings is 5. The molecule has 3 N–H and O–H groups in total. The van der Waals surface area contributed by atoms with E-state index in [0.717, 1.165) is 71.6 Å². The molecule has 6 aliphatic heterocycles. The molecule has 10 aromatic rings. The van der Waals surface area contributed by atoms with Crippen LogP contribution < -0.4 is 92.2 Å². The molecule has 5 aromatic heterocycles. The summed E-state index contributed by atoms with van der Waals surface area (Å²) in [6, 6.07) is 45.2. The SMILES string of the molecule is Cl.NC(=O)c1ccncc1Cc1nc2ccccc2n(C2C[C@H]3CC[C@@H](C2)N3C2CCCCCCC2)c1=O.O=C([O-])c1ccccc1Cc1nc2ccccc2n(C2C[C@H]3CC[C@@H](C2)N3C2CCCCCCC2)c1=O.O=c1c2nc3ccccc3c(=O)n2c2ccccc2n1C1C[C@H]2CC[C@@H](C1)N2C1CCCCCCC1.[Na+].[Na+].[OH-]. The molecule has 19 rings (SSSR count). The Kier molecular flexibility index (Phi) is 28.6. The first kappa shape index (κ1) is 85.1. The van der Waals surface area contributed by atoms with Gasteiger partial charge in [0.1, 0.15) is 11.4 Å². The van der Waals surface area contributed by atoms with Crippen molar-refractivity contribution in [2.24, 2.45) is 5.73 Å². The molecule has 114 heavy (non-hydrogen) atoms. The minimum absolute atomic E-state index is 0. The Morgan fingerprint density at radius 2 is 0.728 bits per heavy atom. The number of primary amides is 1. The van der Waals surface area contributed by atoms with Crippen molar-refractivity contribution in [2.75, 3.05) is 0 Å². The predicted molar refractivity (Wildman–Crippen MR) is 440 cm³/mol. The number of para-hydroxylation sites is 7. The van der Waals surface area contributed by atoms with E-state index in [9.17, 15) is 33.9 Å². The maximum Gasteiger partial charge on any atom is 1.00 e. The maximum absolute atomic E-state index is 14.1. The van der Waals surface area contributed by atoms with Crippen LogP contribution in [0.3, 0.4) is 0 Å². The van der Waals surface area contributed by atoms with Crippen molar-refractivity contribution >= 4 is 73.9 Å². The fourth-order valence-corrected chi connectivity index (χ4v) is 22.5. The van der Waals surface area contributed by atoms with Crippen LogP contribution in [-0.2, 0) is 12.8 Å². The number of nitrogens with zero attached hydrogens (tertiary/aromatic N) is 11. The molecule has 1 amide bonds. The third-order valence-corrected chi connectivity index (χ3v) is 27.3. The monoisotopic (exact) mass is 1580 g/mol. The van der Waals surface area contributed by atoms with Crippen molar-refractivity contribution in [3.8, 4) is 0 Å². The Bertz CT molecular complexity index is 5050. The predicted octanol–water partition coefficient (Wildman–Crippen LogP) is 9.09. The van der Waals surface area contributed by atoms with Crippen LogP contribution in [0, 0.1) is 0 Å². The first-order chi connectivity index (χ1) is 53.9. The van der Waals surface area contributed by atoms with Gasteiger partial charge in [-0.15, -0.1) is 12.4 Å². The summed E-state index contributed by atoms with van der Waals surface area (Å²) in [4.78, 5) is 106. The number of carboxylic acid groups (broad SMARTS) is 1. The van der Waals surface area contributed by atoms with Crippen LogP contribution in [-0.4, -0.2) is 124 Å². The van der Waals surface area contributed by atoms with Gasteiger partial charge in [0.2, 0.25) is 11.6 Å². The topological polar surface area (TPSA) is 262 Å². The van der Waals surface area contributed by atoms with Crippen molar-refractivity contribution in [1.82, 2.24) is 52.7 Å². The number of carboxylic acids is 1. The largest absolute Gasteiger partial charge is 1.00 e. The third kappa shape index (κ3) is 17.4. The van der Waals surface area contributed by atoms with Gasteiger partial charge in [0.05, 0.1) is 50.0 Å². The smallest absolute Gasteiger partial charge is 0.870 e.